The second kappa shape index (κ2) is 9.30. The summed E-state index contributed by atoms with van der Waals surface area (Å²) in [6.45, 7) is 4.38. The maximum Gasteiger partial charge on any atom is 0.244 e. The van der Waals surface area contributed by atoms with Gasteiger partial charge in [0.1, 0.15) is 6.04 Å². The fourth-order valence-corrected chi connectivity index (χ4v) is 8.60. The number of amides is 3. The van der Waals surface area contributed by atoms with E-state index in [2.05, 4.69) is 10.6 Å². The molecule has 0 aromatic heterocycles. The van der Waals surface area contributed by atoms with Crippen molar-refractivity contribution in [2.45, 2.75) is 99.8 Å². The van der Waals surface area contributed by atoms with E-state index in [9.17, 15) is 19.5 Å². The molecule has 4 rings (SSSR count). The first-order chi connectivity index (χ1) is 15.0. The maximum atomic E-state index is 13.8. The van der Waals surface area contributed by atoms with Crippen LogP contribution in [-0.4, -0.2) is 69.0 Å². The number of aliphatic hydroxyl groups is 1. The Morgan fingerprint density at radius 3 is 2.58 bits per heavy atom. The number of fused-ring (bicyclic) bond motifs is 1. The first kappa shape index (κ1) is 22.9. The highest BCUT2D eigenvalue weighted by Crippen LogP contribution is 2.66. The fraction of sp³-hybridized carbons (Fsp3) is 0.870. The molecule has 1 saturated carbocycles. The van der Waals surface area contributed by atoms with Crippen LogP contribution in [0, 0.1) is 11.8 Å². The Balaban J connectivity index is 1.65. The molecule has 1 spiro atoms. The predicted molar refractivity (Wildman–Crippen MR) is 120 cm³/mol. The number of nitrogens with zero attached hydrogens (tertiary/aromatic N) is 1. The number of likely N-dealkylation sites (tertiary alicyclic amines) is 1. The Morgan fingerprint density at radius 2 is 1.94 bits per heavy atom. The zero-order chi connectivity index (χ0) is 22.2. The SMILES string of the molecule is CCCNC(=O)[C@@H]1[C@@H]2CCC3(S2)C(C(=O)NC2CCCCC2)N([C@@H](CC)CO)C(=O)[C@H]13. The lowest BCUT2D eigenvalue weighted by molar-refractivity contribution is -0.143. The summed E-state index contributed by atoms with van der Waals surface area (Å²) in [5.74, 6) is -1.11. The molecule has 1 aliphatic carbocycles. The molecule has 3 saturated heterocycles. The number of nitrogens with one attached hydrogen (secondary N) is 2. The van der Waals surface area contributed by atoms with Crippen LogP contribution in [0.25, 0.3) is 0 Å². The molecular weight excluding hydrogens is 414 g/mol. The highest BCUT2D eigenvalue weighted by molar-refractivity contribution is 8.02. The van der Waals surface area contributed by atoms with E-state index >= 15 is 0 Å². The van der Waals surface area contributed by atoms with Crippen molar-refractivity contribution in [1.82, 2.24) is 15.5 Å². The predicted octanol–water partition coefficient (Wildman–Crippen LogP) is 1.82. The van der Waals surface area contributed by atoms with Gasteiger partial charge in [-0.25, -0.2) is 0 Å². The molecule has 4 fully saturated rings. The fourth-order valence-electron chi connectivity index (χ4n) is 6.39. The normalized spacial score (nSPS) is 35.8. The Labute approximate surface area is 189 Å². The molecule has 2 bridgehead atoms. The molecule has 2 unspecified atom stereocenters. The van der Waals surface area contributed by atoms with E-state index in [-0.39, 0.29) is 41.5 Å². The second-order valence-electron chi connectivity index (χ2n) is 9.68. The topological polar surface area (TPSA) is 98.7 Å². The Bertz CT molecular complexity index is 709. The van der Waals surface area contributed by atoms with Gasteiger partial charge in [-0.2, -0.15) is 0 Å². The molecule has 3 aliphatic heterocycles. The average Bonchev–Trinajstić information content (AvgIpc) is 3.41. The second-order valence-corrected chi connectivity index (χ2v) is 11.3. The maximum absolute atomic E-state index is 13.8. The van der Waals surface area contributed by atoms with Gasteiger partial charge in [0.25, 0.3) is 0 Å². The lowest BCUT2D eigenvalue weighted by Gasteiger charge is -2.38. The molecule has 4 aliphatic rings. The van der Waals surface area contributed by atoms with Crippen molar-refractivity contribution in [3.05, 3.63) is 0 Å². The standard InChI is InChI=1S/C23H37N3O4S/c1-3-12-24-20(28)17-16-10-11-23(31-16)18(17)22(30)26(15(4-2)13-27)19(23)21(29)25-14-8-6-5-7-9-14/h14-19,27H,3-13H2,1-2H3,(H,24,28)(H,25,29)/t15-,16-,17+,18-,19?,23?/m0/s1. The summed E-state index contributed by atoms with van der Waals surface area (Å²) >= 11 is 1.70. The highest BCUT2D eigenvalue weighted by Gasteiger charge is 2.74. The lowest BCUT2D eigenvalue weighted by Crippen LogP contribution is -2.58. The van der Waals surface area contributed by atoms with E-state index in [4.69, 9.17) is 0 Å². The van der Waals surface area contributed by atoms with Gasteiger partial charge in [0, 0.05) is 17.8 Å². The van der Waals surface area contributed by atoms with E-state index in [1.54, 1.807) is 16.7 Å². The summed E-state index contributed by atoms with van der Waals surface area (Å²) in [6, 6.07) is -0.841. The van der Waals surface area contributed by atoms with Gasteiger partial charge in [-0.15, -0.1) is 11.8 Å². The Hall–Kier alpha value is -1.28. The van der Waals surface area contributed by atoms with E-state index in [0.29, 0.717) is 13.0 Å². The molecule has 31 heavy (non-hydrogen) atoms. The van der Waals surface area contributed by atoms with Crippen LogP contribution in [0.15, 0.2) is 0 Å². The first-order valence-electron chi connectivity index (χ1n) is 12.2. The van der Waals surface area contributed by atoms with Gasteiger partial charge in [-0.05, 0) is 38.5 Å². The third-order valence-corrected chi connectivity index (χ3v) is 9.82. The van der Waals surface area contributed by atoms with Crippen LogP contribution in [-0.2, 0) is 14.4 Å². The average molecular weight is 452 g/mol. The number of rotatable bonds is 8. The molecule has 8 heteroatoms. The monoisotopic (exact) mass is 451 g/mol. The number of hydrogen-bond donors (Lipinski definition) is 3. The van der Waals surface area contributed by atoms with Crippen molar-refractivity contribution in [2.24, 2.45) is 11.8 Å². The van der Waals surface area contributed by atoms with Crippen molar-refractivity contribution in [1.29, 1.82) is 0 Å². The van der Waals surface area contributed by atoms with E-state index < -0.39 is 22.7 Å². The van der Waals surface area contributed by atoms with Gasteiger partial charge >= 0.3 is 0 Å². The molecule has 174 valence electrons. The minimum atomic E-state index is -0.608. The molecule has 0 aromatic carbocycles. The van der Waals surface area contributed by atoms with Crippen molar-refractivity contribution in [2.75, 3.05) is 13.2 Å². The largest absolute Gasteiger partial charge is 0.394 e. The van der Waals surface area contributed by atoms with Crippen LogP contribution >= 0.6 is 11.8 Å². The minimum absolute atomic E-state index is 0.0513. The van der Waals surface area contributed by atoms with E-state index in [0.717, 1.165) is 44.9 Å². The summed E-state index contributed by atoms with van der Waals surface area (Å²) in [5.41, 5.74) is 0. The molecule has 3 amide bonds. The quantitative estimate of drug-likeness (QED) is 0.523. The van der Waals surface area contributed by atoms with Gasteiger partial charge in [-0.1, -0.05) is 33.1 Å². The van der Waals surface area contributed by atoms with Crippen molar-refractivity contribution in [3.8, 4) is 0 Å². The Kier molecular flexibility index (Phi) is 6.87. The zero-order valence-corrected chi connectivity index (χ0v) is 19.6. The van der Waals surface area contributed by atoms with Gasteiger partial charge in [0.15, 0.2) is 0 Å². The number of carbonyl (C=O) groups is 3. The van der Waals surface area contributed by atoms with Crippen molar-refractivity contribution < 1.29 is 19.5 Å². The van der Waals surface area contributed by atoms with Crippen molar-refractivity contribution in [3.63, 3.8) is 0 Å². The molecule has 3 N–H and O–H groups in total. The minimum Gasteiger partial charge on any atom is -0.394 e. The third kappa shape index (κ3) is 3.77. The summed E-state index contributed by atoms with van der Waals surface area (Å²) in [5, 5.41) is 16.4. The molecular formula is C23H37N3O4S. The van der Waals surface area contributed by atoms with Crippen LogP contribution < -0.4 is 10.6 Å². The lowest BCUT2D eigenvalue weighted by atomic mass is 9.70. The van der Waals surface area contributed by atoms with Crippen molar-refractivity contribution >= 4 is 29.5 Å². The van der Waals surface area contributed by atoms with Gasteiger partial charge in [0.05, 0.1) is 29.2 Å². The van der Waals surface area contributed by atoms with E-state index in [1.165, 1.54) is 6.42 Å². The van der Waals surface area contributed by atoms with Gasteiger partial charge in [-0.3, -0.25) is 14.4 Å². The summed E-state index contributed by atoms with van der Waals surface area (Å²) in [7, 11) is 0. The summed E-state index contributed by atoms with van der Waals surface area (Å²) in [6.07, 6.45) is 8.48. The summed E-state index contributed by atoms with van der Waals surface area (Å²) < 4.78 is -0.558. The smallest absolute Gasteiger partial charge is 0.244 e. The molecule has 6 atom stereocenters. The highest BCUT2D eigenvalue weighted by atomic mass is 32.2. The van der Waals surface area contributed by atoms with Gasteiger partial charge in [0.2, 0.25) is 17.7 Å². The van der Waals surface area contributed by atoms with Crippen LogP contribution in [0.2, 0.25) is 0 Å². The zero-order valence-electron chi connectivity index (χ0n) is 18.8. The van der Waals surface area contributed by atoms with Crippen LogP contribution in [0.1, 0.15) is 71.6 Å². The molecule has 3 heterocycles. The molecule has 0 radical (unpaired) electrons. The van der Waals surface area contributed by atoms with Crippen LogP contribution in [0.3, 0.4) is 0 Å². The first-order valence-corrected chi connectivity index (χ1v) is 13.0. The number of thioether (sulfide) groups is 1. The number of aliphatic hydroxyl groups excluding tert-OH is 1. The molecule has 0 aromatic rings. The van der Waals surface area contributed by atoms with Gasteiger partial charge < -0.3 is 20.6 Å². The van der Waals surface area contributed by atoms with E-state index in [1.807, 2.05) is 13.8 Å². The Morgan fingerprint density at radius 1 is 1.19 bits per heavy atom. The van der Waals surface area contributed by atoms with Crippen LogP contribution in [0.5, 0.6) is 0 Å². The number of hydrogen-bond acceptors (Lipinski definition) is 5. The number of carbonyl (C=O) groups excluding carboxylic acids is 3. The third-order valence-electron chi connectivity index (χ3n) is 7.87. The van der Waals surface area contributed by atoms with Crippen LogP contribution in [0.4, 0.5) is 0 Å². The summed E-state index contributed by atoms with van der Waals surface area (Å²) in [4.78, 5) is 42.2. The molecule has 7 nitrogen and oxygen atoms in total.